The summed E-state index contributed by atoms with van der Waals surface area (Å²) in [6.45, 7) is 0.120. The Kier molecular flexibility index (Phi) is 5.52. The van der Waals surface area contributed by atoms with Gasteiger partial charge in [0.05, 0.1) is 0 Å². The number of benzene rings is 3. The first-order chi connectivity index (χ1) is 16.0. The third kappa shape index (κ3) is 4.05. The first kappa shape index (κ1) is 21.1. The van der Waals surface area contributed by atoms with Crippen LogP contribution in [0.2, 0.25) is 5.02 Å². The lowest BCUT2D eigenvalue weighted by Gasteiger charge is -2.17. The highest BCUT2D eigenvalue weighted by molar-refractivity contribution is 6.31. The largest absolute Gasteiger partial charge is 0.480 e. The van der Waals surface area contributed by atoms with E-state index in [1.165, 1.54) is 0 Å². The predicted molar refractivity (Wildman–Crippen MR) is 127 cm³/mol. The fourth-order valence-corrected chi connectivity index (χ4v) is 4.69. The Morgan fingerprint density at radius 1 is 1.03 bits per heavy atom. The van der Waals surface area contributed by atoms with Crippen LogP contribution in [0, 0.1) is 0 Å². The van der Waals surface area contributed by atoms with Gasteiger partial charge in [-0.25, -0.2) is 9.59 Å². The maximum Gasteiger partial charge on any atom is 0.407 e. The van der Waals surface area contributed by atoms with Gasteiger partial charge in [0.25, 0.3) is 0 Å². The van der Waals surface area contributed by atoms with Gasteiger partial charge >= 0.3 is 12.1 Å². The van der Waals surface area contributed by atoms with Crippen LogP contribution in [0.3, 0.4) is 0 Å². The summed E-state index contributed by atoms with van der Waals surface area (Å²) in [6.07, 6.45) is 1.07. The van der Waals surface area contributed by atoms with E-state index < -0.39 is 18.1 Å². The maximum absolute atomic E-state index is 12.6. The Labute approximate surface area is 195 Å². The number of alkyl carbamates (subject to hydrolysis) is 1. The number of carboxylic acid groups (broad SMARTS) is 1. The fraction of sp³-hybridized carbons (Fsp3) is 0.154. The number of aromatic amines is 1. The molecule has 0 spiro atoms. The molecule has 1 amide bonds. The van der Waals surface area contributed by atoms with E-state index in [0.29, 0.717) is 5.02 Å². The van der Waals surface area contributed by atoms with Gasteiger partial charge in [0, 0.05) is 34.5 Å². The number of rotatable bonds is 6. The highest BCUT2D eigenvalue weighted by Gasteiger charge is 2.30. The van der Waals surface area contributed by atoms with Crippen LogP contribution in [0.4, 0.5) is 4.79 Å². The van der Waals surface area contributed by atoms with Crippen LogP contribution < -0.4 is 5.32 Å². The van der Waals surface area contributed by atoms with Gasteiger partial charge in [0.2, 0.25) is 0 Å². The van der Waals surface area contributed by atoms with Crippen molar-refractivity contribution in [2.45, 2.75) is 18.4 Å². The Bertz CT molecular complexity index is 1320. The topological polar surface area (TPSA) is 91.4 Å². The summed E-state index contributed by atoms with van der Waals surface area (Å²) in [5, 5.41) is 13.6. The van der Waals surface area contributed by atoms with E-state index in [0.717, 1.165) is 38.7 Å². The van der Waals surface area contributed by atoms with Gasteiger partial charge in [0.1, 0.15) is 12.6 Å². The molecule has 0 bridgehead atoms. The van der Waals surface area contributed by atoms with Crippen molar-refractivity contribution >= 4 is 34.6 Å². The van der Waals surface area contributed by atoms with Gasteiger partial charge in [0.15, 0.2) is 0 Å². The highest BCUT2D eigenvalue weighted by Crippen LogP contribution is 2.44. The molecule has 3 aromatic carbocycles. The van der Waals surface area contributed by atoms with E-state index in [-0.39, 0.29) is 18.9 Å². The lowest BCUT2D eigenvalue weighted by atomic mass is 9.98. The number of carbonyl (C=O) groups excluding carboxylic acids is 1. The van der Waals surface area contributed by atoms with Crippen LogP contribution in [0.1, 0.15) is 22.6 Å². The van der Waals surface area contributed by atoms with Crippen LogP contribution in [0.25, 0.3) is 22.0 Å². The predicted octanol–water partition coefficient (Wildman–Crippen LogP) is 5.36. The summed E-state index contributed by atoms with van der Waals surface area (Å²) in [7, 11) is 0. The molecular formula is C26H21ClN2O4. The molecule has 7 heteroatoms. The molecule has 0 aliphatic heterocycles. The molecule has 1 atom stereocenters. The SMILES string of the molecule is O=C(N[C@H](Cc1c[nH]c2ccc(Cl)cc12)C(=O)O)OCC1c2ccccc2-c2ccccc21. The Morgan fingerprint density at radius 2 is 1.70 bits per heavy atom. The summed E-state index contributed by atoms with van der Waals surface area (Å²) >= 11 is 6.09. The van der Waals surface area contributed by atoms with Crippen LogP contribution in [0.5, 0.6) is 0 Å². The molecule has 1 aliphatic carbocycles. The number of H-pyrrole nitrogens is 1. The van der Waals surface area contributed by atoms with Crippen molar-refractivity contribution in [2.24, 2.45) is 0 Å². The van der Waals surface area contributed by atoms with E-state index in [9.17, 15) is 14.7 Å². The van der Waals surface area contributed by atoms with Crippen LogP contribution in [-0.4, -0.2) is 34.8 Å². The number of amides is 1. The van der Waals surface area contributed by atoms with Crippen molar-refractivity contribution in [3.8, 4) is 11.1 Å². The number of aliphatic carboxylic acids is 1. The van der Waals surface area contributed by atoms with Gasteiger partial charge < -0.3 is 20.1 Å². The average Bonchev–Trinajstić information content (AvgIpc) is 3.35. The molecule has 0 saturated carbocycles. The second-order valence-corrected chi connectivity index (χ2v) is 8.51. The lowest BCUT2D eigenvalue weighted by Crippen LogP contribution is -2.42. The normalized spacial score (nSPS) is 13.4. The Morgan fingerprint density at radius 3 is 2.36 bits per heavy atom. The van der Waals surface area contributed by atoms with Gasteiger partial charge in [-0.3, -0.25) is 0 Å². The number of carbonyl (C=O) groups is 2. The molecule has 1 aromatic heterocycles. The van der Waals surface area contributed by atoms with E-state index in [2.05, 4.69) is 22.4 Å². The molecule has 5 rings (SSSR count). The molecule has 4 aromatic rings. The minimum Gasteiger partial charge on any atom is -0.480 e. The molecule has 1 aliphatic rings. The van der Waals surface area contributed by atoms with E-state index in [4.69, 9.17) is 16.3 Å². The number of halogens is 1. The summed E-state index contributed by atoms with van der Waals surface area (Å²) in [4.78, 5) is 27.5. The van der Waals surface area contributed by atoms with Crippen molar-refractivity contribution in [3.63, 3.8) is 0 Å². The second-order valence-electron chi connectivity index (χ2n) is 8.07. The van der Waals surface area contributed by atoms with Gasteiger partial charge in [-0.15, -0.1) is 0 Å². The molecule has 1 heterocycles. The molecule has 33 heavy (non-hydrogen) atoms. The second kappa shape index (κ2) is 8.64. The molecule has 0 fully saturated rings. The van der Waals surface area contributed by atoms with E-state index in [1.54, 1.807) is 18.3 Å². The lowest BCUT2D eigenvalue weighted by molar-refractivity contribution is -0.139. The number of hydrogen-bond acceptors (Lipinski definition) is 3. The standard InChI is InChI=1S/C26H21ClN2O4/c27-16-9-10-23-21(12-16)15(13-28-23)11-24(25(30)31)29-26(32)33-14-22-19-7-3-1-5-17(19)18-6-2-4-8-20(18)22/h1-10,12-13,22,24,28H,11,14H2,(H,29,32)(H,30,31)/t24-/m1/s1. The third-order valence-corrected chi connectivity index (χ3v) is 6.32. The van der Waals surface area contributed by atoms with Crippen LogP contribution >= 0.6 is 11.6 Å². The molecule has 166 valence electrons. The fourth-order valence-electron chi connectivity index (χ4n) is 4.52. The first-order valence-corrected chi connectivity index (χ1v) is 11.0. The number of hydrogen-bond donors (Lipinski definition) is 3. The summed E-state index contributed by atoms with van der Waals surface area (Å²) in [5.74, 6) is -1.23. The zero-order valence-corrected chi connectivity index (χ0v) is 18.3. The third-order valence-electron chi connectivity index (χ3n) is 6.09. The number of ether oxygens (including phenoxy) is 1. The van der Waals surface area contributed by atoms with Gasteiger partial charge in [-0.05, 0) is 46.0 Å². The van der Waals surface area contributed by atoms with Crippen molar-refractivity contribution < 1.29 is 19.4 Å². The monoisotopic (exact) mass is 460 g/mol. The van der Waals surface area contributed by atoms with Crippen LogP contribution in [0.15, 0.2) is 72.9 Å². The minimum absolute atomic E-state index is 0.0952. The minimum atomic E-state index is -1.14. The molecule has 0 saturated heterocycles. The average molecular weight is 461 g/mol. The number of carboxylic acids is 1. The highest BCUT2D eigenvalue weighted by atomic mass is 35.5. The zero-order valence-electron chi connectivity index (χ0n) is 17.5. The molecule has 0 radical (unpaired) electrons. The quantitative estimate of drug-likeness (QED) is 0.361. The van der Waals surface area contributed by atoms with E-state index >= 15 is 0 Å². The van der Waals surface area contributed by atoms with Crippen LogP contribution in [-0.2, 0) is 16.0 Å². The molecular weight excluding hydrogens is 440 g/mol. The number of fused-ring (bicyclic) bond motifs is 4. The first-order valence-electron chi connectivity index (χ1n) is 10.6. The summed E-state index contributed by atoms with van der Waals surface area (Å²) in [6, 6.07) is 20.3. The van der Waals surface area contributed by atoms with Crippen molar-refractivity contribution in [1.29, 1.82) is 0 Å². The van der Waals surface area contributed by atoms with Crippen molar-refractivity contribution in [2.75, 3.05) is 6.61 Å². The van der Waals surface area contributed by atoms with Crippen molar-refractivity contribution in [1.82, 2.24) is 10.3 Å². The number of aromatic nitrogens is 1. The zero-order chi connectivity index (χ0) is 22.9. The smallest absolute Gasteiger partial charge is 0.407 e. The van der Waals surface area contributed by atoms with Gasteiger partial charge in [-0.2, -0.15) is 0 Å². The number of nitrogens with one attached hydrogen (secondary N) is 2. The Balaban J connectivity index is 1.29. The molecule has 6 nitrogen and oxygen atoms in total. The van der Waals surface area contributed by atoms with Gasteiger partial charge in [-0.1, -0.05) is 60.1 Å². The summed E-state index contributed by atoms with van der Waals surface area (Å²) in [5.41, 5.74) is 6.04. The molecule has 3 N–H and O–H groups in total. The summed E-state index contributed by atoms with van der Waals surface area (Å²) < 4.78 is 5.50. The van der Waals surface area contributed by atoms with Crippen molar-refractivity contribution in [3.05, 3.63) is 94.6 Å². The van der Waals surface area contributed by atoms with E-state index in [1.807, 2.05) is 42.5 Å². The maximum atomic E-state index is 12.6. The Hall–Kier alpha value is -3.77. The molecule has 0 unspecified atom stereocenters.